The second-order valence-electron chi connectivity index (χ2n) is 8.76. The lowest BCUT2D eigenvalue weighted by Crippen LogP contribution is -2.34. The SMILES string of the molecule is COCCOCCOCCN(CCCOC(=O)NCCC[Si](C)(C)O[SiH3])CCOCCOCCOC. The molecule has 0 aliphatic heterocycles. The molecule has 13 heteroatoms. The molecule has 0 saturated heterocycles. The van der Waals surface area contributed by atoms with Gasteiger partial charge >= 0.3 is 6.09 Å². The Kier molecular flexibility index (Phi) is 25.6. The van der Waals surface area contributed by atoms with E-state index in [0.717, 1.165) is 49.0 Å². The summed E-state index contributed by atoms with van der Waals surface area (Å²) in [7, 11) is 2.55. The van der Waals surface area contributed by atoms with Gasteiger partial charge in [-0.3, -0.25) is 4.90 Å². The number of nitrogens with one attached hydrogen (secondary N) is 1. The van der Waals surface area contributed by atoms with Crippen molar-refractivity contribution in [3.8, 4) is 0 Å². The van der Waals surface area contributed by atoms with Crippen LogP contribution in [-0.2, 0) is 37.3 Å². The zero-order valence-corrected chi connectivity index (χ0v) is 26.3. The van der Waals surface area contributed by atoms with Crippen molar-refractivity contribution in [2.24, 2.45) is 0 Å². The van der Waals surface area contributed by atoms with Gasteiger partial charge in [-0.2, -0.15) is 0 Å². The number of hydrogen-bond acceptors (Lipinski definition) is 10. The zero-order valence-electron chi connectivity index (χ0n) is 23.3. The Hall–Kier alpha value is -0.616. The zero-order chi connectivity index (χ0) is 26.7. The lowest BCUT2D eigenvalue weighted by Gasteiger charge is -2.22. The van der Waals surface area contributed by atoms with E-state index in [0.29, 0.717) is 79.2 Å². The first-order valence-electron chi connectivity index (χ1n) is 12.9. The maximum atomic E-state index is 11.9. The van der Waals surface area contributed by atoms with Crippen LogP contribution in [0.2, 0.25) is 19.1 Å². The normalized spacial score (nSPS) is 11.9. The van der Waals surface area contributed by atoms with Gasteiger partial charge in [0.05, 0.1) is 72.7 Å². The van der Waals surface area contributed by atoms with E-state index < -0.39 is 8.32 Å². The molecule has 0 saturated carbocycles. The largest absolute Gasteiger partial charge is 0.463 e. The van der Waals surface area contributed by atoms with Crippen LogP contribution in [0.5, 0.6) is 0 Å². The van der Waals surface area contributed by atoms with E-state index in [2.05, 4.69) is 23.3 Å². The lowest BCUT2D eigenvalue weighted by atomic mass is 10.4. The van der Waals surface area contributed by atoms with E-state index >= 15 is 0 Å². The molecule has 0 spiro atoms. The number of carbonyl (C=O) groups is 1. The van der Waals surface area contributed by atoms with Crippen molar-refractivity contribution < 1.29 is 42.1 Å². The van der Waals surface area contributed by atoms with Gasteiger partial charge in [-0.25, -0.2) is 4.79 Å². The average molecular weight is 557 g/mol. The van der Waals surface area contributed by atoms with E-state index in [9.17, 15) is 4.79 Å². The average Bonchev–Trinajstić information content (AvgIpc) is 2.87. The quantitative estimate of drug-likeness (QED) is 0.115. The number of carbonyl (C=O) groups excluding carboxylic acids is 1. The molecule has 0 radical (unpaired) electrons. The van der Waals surface area contributed by atoms with Crippen LogP contribution in [-0.4, -0.2) is 143 Å². The standard InChI is InChI=1S/C23H52N2O9Si2/c1-27-14-16-31-20-18-29-12-9-25(10-13-30-19-21-32-17-15-28-2)8-6-11-33-23(26)24-7-5-22-36(3,4)34-35/h5-22H2,1-4,35H3,(H,24,26). The van der Waals surface area contributed by atoms with Gasteiger partial charge in [-0.1, -0.05) is 0 Å². The van der Waals surface area contributed by atoms with Crippen molar-refractivity contribution in [3.63, 3.8) is 0 Å². The molecule has 0 aromatic heterocycles. The van der Waals surface area contributed by atoms with Crippen LogP contribution in [0.4, 0.5) is 4.79 Å². The molecule has 11 nitrogen and oxygen atoms in total. The Bertz CT molecular complexity index is 475. The van der Waals surface area contributed by atoms with Crippen molar-refractivity contribution in [2.45, 2.75) is 32.0 Å². The number of amides is 1. The van der Waals surface area contributed by atoms with E-state index in [-0.39, 0.29) is 6.09 Å². The molecule has 1 amide bonds. The fourth-order valence-corrected chi connectivity index (χ4v) is 4.81. The lowest BCUT2D eigenvalue weighted by molar-refractivity contribution is 0.00873. The van der Waals surface area contributed by atoms with Crippen molar-refractivity contribution in [3.05, 3.63) is 0 Å². The fourth-order valence-electron chi connectivity index (χ4n) is 2.96. The van der Waals surface area contributed by atoms with Gasteiger partial charge in [0, 0.05) is 40.4 Å². The van der Waals surface area contributed by atoms with Crippen LogP contribution >= 0.6 is 0 Å². The van der Waals surface area contributed by atoms with Crippen molar-refractivity contribution >= 4 is 24.9 Å². The molecule has 0 aromatic carbocycles. The number of methoxy groups -OCH3 is 2. The maximum absolute atomic E-state index is 11.9. The minimum Gasteiger partial charge on any atom is -0.463 e. The maximum Gasteiger partial charge on any atom is 0.407 e. The predicted molar refractivity (Wildman–Crippen MR) is 145 cm³/mol. The smallest absolute Gasteiger partial charge is 0.407 e. The third kappa shape index (κ3) is 25.1. The van der Waals surface area contributed by atoms with Gasteiger partial charge in [0.15, 0.2) is 8.32 Å². The van der Waals surface area contributed by atoms with E-state index in [1.54, 1.807) is 14.2 Å². The third-order valence-electron chi connectivity index (χ3n) is 5.34. The number of alkyl carbamates (subject to hydrolysis) is 1. The van der Waals surface area contributed by atoms with Crippen molar-refractivity contribution in [2.75, 3.05) is 113 Å². The van der Waals surface area contributed by atoms with Gasteiger partial charge in [-0.15, -0.1) is 0 Å². The molecule has 0 fully saturated rings. The van der Waals surface area contributed by atoms with Gasteiger partial charge < -0.3 is 42.6 Å². The highest BCUT2D eigenvalue weighted by Crippen LogP contribution is 2.11. The summed E-state index contributed by atoms with van der Waals surface area (Å²) >= 11 is 0. The molecular formula is C23H52N2O9Si2. The number of nitrogens with zero attached hydrogens (tertiary/aromatic N) is 1. The van der Waals surface area contributed by atoms with E-state index in [1.807, 2.05) is 0 Å². The molecule has 0 rings (SSSR count). The summed E-state index contributed by atoms with van der Waals surface area (Å²) < 4.78 is 43.0. The van der Waals surface area contributed by atoms with Crippen LogP contribution in [0, 0.1) is 0 Å². The van der Waals surface area contributed by atoms with Gasteiger partial charge in [0.2, 0.25) is 0 Å². The number of hydrogen-bond donors (Lipinski definition) is 1. The molecule has 1 N–H and O–H groups in total. The van der Waals surface area contributed by atoms with Gasteiger partial charge in [0.1, 0.15) is 10.5 Å². The highest BCUT2D eigenvalue weighted by molar-refractivity contribution is 6.73. The first-order valence-corrected chi connectivity index (χ1v) is 16.9. The molecule has 0 atom stereocenters. The van der Waals surface area contributed by atoms with Crippen molar-refractivity contribution in [1.82, 2.24) is 10.2 Å². The van der Waals surface area contributed by atoms with E-state index in [1.165, 1.54) is 0 Å². The summed E-state index contributed by atoms with van der Waals surface area (Å²) in [5.74, 6) is 0. The molecule has 0 aliphatic rings. The molecule has 0 unspecified atom stereocenters. The number of ether oxygens (including phenoxy) is 7. The summed E-state index contributed by atoms with van der Waals surface area (Å²) in [4.78, 5) is 14.2. The van der Waals surface area contributed by atoms with Crippen LogP contribution in [0.25, 0.3) is 0 Å². The Balaban J connectivity index is 4.05. The first kappa shape index (κ1) is 35.4. The topological polar surface area (TPSA) is 106 Å². The molecule has 216 valence electrons. The predicted octanol–water partition coefficient (Wildman–Crippen LogP) is 0.656. The minimum atomic E-state index is -1.52. The van der Waals surface area contributed by atoms with Crippen LogP contribution in [0.15, 0.2) is 0 Å². The monoisotopic (exact) mass is 556 g/mol. The van der Waals surface area contributed by atoms with Crippen LogP contribution < -0.4 is 5.32 Å². The summed E-state index contributed by atoms with van der Waals surface area (Å²) in [5, 5.41) is 2.82. The second kappa shape index (κ2) is 26.0. The van der Waals surface area contributed by atoms with Gasteiger partial charge in [0.25, 0.3) is 0 Å². The first-order chi connectivity index (χ1) is 17.4. The fraction of sp³-hybridized carbons (Fsp3) is 0.957. The highest BCUT2D eigenvalue weighted by Gasteiger charge is 2.18. The third-order valence-corrected chi connectivity index (χ3v) is 11.3. The minimum absolute atomic E-state index is 0.360. The van der Waals surface area contributed by atoms with Crippen molar-refractivity contribution in [1.29, 1.82) is 0 Å². The number of rotatable bonds is 27. The van der Waals surface area contributed by atoms with Crippen LogP contribution in [0.3, 0.4) is 0 Å². The van der Waals surface area contributed by atoms with E-state index in [4.69, 9.17) is 37.3 Å². The second-order valence-corrected chi connectivity index (χ2v) is 14.4. The molecule has 36 heavy (non-hydrogen) atoms. The Labute approximate surface area is 222 Å². The molecule has 0 heterocycles. The molecule has 0 aliphatic carbocycles. The molecule has 0 bridgehead atoms. The summed E-state index contributed by atoms with van der Waals surface area (Å²) in [6.45, 7) is 13.4. The van der Waals surface area contributed by atoms with Crippen LogP contribution in [0.1, 0.15) is 12.8 Å². The summed E-state index contributed by atoms with van der Waals surface area (Å²) in [5.41, 5.74) is 0. The highest BCUT2D eigenvalue weighted by atomic mass is 28.4. The summed E-state index contributed by atoms with van der Waals surface area (Å²) in [6.07, 6.45) is 1.29. The Morgan fingerprint density at radius 3 is 1.72 bits per heavy atom. The molecular weight excluding hydrogens is 504 g/mol. The summed E-state index contributed by atoms with van der Waals surface area (Å²) in [6, 6.07) is 1.04. The Morgan fingerprint density at radius 1 is 0.722 bits per heavy atom. The Morgan fingerprint density at radius 2 is 1.22 bits per heavy atom. The van der Waals surface area contributed by atoms with Gasteiger partial charge in [-0.05, 0) is 32.0 Å². The molecule has 0 aromatic rings.